The van der Waals surface area contributed by atoms with Crippen molar-refractivity contribution in [2.75, 3.05) is 24.2 Å². The van der Waals surface area contributed by atoms with Gasteiger partial charge in [-0.3, -0.25) is 19.7 Å². The molecule has 2 aromatic carbocycles. The third-order valence-corrected chi connectivity index (χ3v) is 5.59. The van der Waals surface area contributed by atoms with E-state index >= 15 is 0 Å². The molecule has 0 aliphatic heterocycles. The molecule has 166 valence electrons. The van der Waals surface area contributed by atoms with Gasteiger partial charge in [0.1, 0.15) is 12.2 Å². The number of nitro groups is 1. The Balaban J connectivity index is 1.96. The highest BCUT2D eigenvalue weighted by molar-refractivity contribution is 7.89. The Hall–Kier alpha value is -3.22. The number of hydrogen-bond acceptors (Lipinski definition) is 8. The van der Waals surface area contributed by atoms with Gasteiger partial charge in [-0.05, 0) is 43.3 Å². The summed E-state index contributed by atoms with van der Waals surface area (Å²) in [6, 6.07) is 9.49. The van der Waals surface area contributed by atoms with Crippen LogP contribution >= 0.6 is 11.6 Å². The number of sulfonamides is 1. The van der Waals surface area contributed by atoms with Crippen LogP contribution in [-0.4, -0.2) is 44.9 Å². The summed E-state index contributed by atoms with van der Waals surface area (Å²) >= 11 is 5.76. The van der Waals surface area contributed by atoms with Gasteiger partial charge in [0.2, 0.25) is 10.0 Å². The van der Waals surface area contributed by atoms with E-state index in [1.54, 1.807) is 24.3 Å². The monoisotopic (exact) mass is 470 g/mol. The second-order valence-corrected chi connectivity index (χ2v) is 8.34. The number of rotatable bonds is 9. The summed E-state index contributed by atoms with van der Waals surface area (Å²) in [5.74, 6) is -1.64. The van der Waals surface area contributed by atoms with Gasteiger partial charge < -0.3 is 15.4 Å². The smallest absolute Gasteiger partial charge is 0.321 e. The van der Waals surface area contributed by atoms with Crippen molar-refractivity contribution in [2.24, 2.45) is 0 Å². The molecule has 0 spiro atoms. The summed E-state index contributed by atoms with van der Waals surface area (Å²) in [7, 11) is -2.79. The summed E-state index contributed by atoms with van der Waals surface area (Å²) < 4.78 is 31.6. The van der Waals surface area contributed by atoms with Gasteiger partial charge in [0.15, 0.2) is 6.10 Å². The summed E-state index contributed by atoms with van der Waals surface area (Å²) in [6.45, 7) is 0.542. The molecule has 0 aliphatic rings. The van der Waals surface area contributed by atoms with Crippen LogP contribution < -0.4 is 15.4 Å². The molecule has 1 atom stereocenters. The average Bonchev–Trinajstić information content (AvgIpc) is 2.73. The lowest BCUT2D eigenvalue weighted by atomic mass is 10.3. The van der Waals surface area contributed by atoms with Crippen molar-refractivity contribution in [3.05, 3.63) is 57.6 Å². The van der Waals surface area contributed by atoms with E-state index in [-0.39, 0.29) is 5.69 Å². The molecule has 0 heterocycles. The molecule has 1 amide bonds. The lowest BCUT2D eigenvalue weighted by molar-refractivity contribution is -0.384. The summed E-state index contributed by atoms with van der Waals surface area (Å²) in [4.78, 5) is 34.0. The Morgan fingerprint density at radius 2 is 1.84 bits per heavy atom. The van der Waals surface area contributed by atoms with E-state index in [4.69, 9.17) is 16.3 Å². The first kappa shape index (κ1) is 24.1. The van der Waals surface area contributed by atoms with Gasteiger partial charge >= 0.3 is 5.97 Å². The average molecular weight is 471 g/mol. The van der Waals surface area contributed by atoms with Crippen LogP contribution in [0.4, 0.5) is 17.1 Å². The van der Waals surface area contributed by atoms with Crippen molar-refractivity contribution < 1.29 is 27.7 Å². The fourth-order valence-electron chi connectivity index (χ4n) is 2.35. The minimum atomic E-state index is -4.24. The van der Waals surface area contributed by atoms with Crippen molar-refractivity contribution in [3.8, 4) is 0 Å². The highest BCUT2D eigenvalue weighted by Gasteiger charge is 2.23. The molecule has 0 saturated heterocycles. The number of hydrogen-bond donors (Lipinski definition) is 3. The first-order valence-corrected chi connectivity index (χ1v) is 10.6. The molecule has 0 radical (unpaired) electrons. The number of anilines is 2. The van der Waals surface area contributed by atoms with Gasteiger partial charge in [0, 0.05) is 23.8 Å². The van der Waals surface area contributed by atoms with E-state index in [2.05, 4.69) is 10.6 Å². The van der Waals surface area contributed by atoms with Gasteiger partial charge in [-0.25, -0.2) is 8.42 Å². The SMILES string of the molecule is CNc1ccc(S(=O)(=O)NCC(=O)O[C@H](C)C(=O)Nc2ccc(Cl)cc2)cc1[N+](=O)[O-]. The number of carbonyl (C=O) groups excluding carboxylic acids is 2. The molecule has 2 rings (SSSR count). The third kappa shape index (κ3) is 6.64. The van der Waals surface area contributed by atoms with E-state index in [0.29, 0.717) is 10.7 Å². The lowest BCUT2D eigenvalue weighted by Gasteiger charge is -2.14. The Morgan fingerprint density at radius 3 is 2.42 bits per heavy atom. The zero-order valence-electron chi connectivity index (χ0n) is 16.4. The van der Waals surface area contributed by atoms with Crippen molar-refractivity contribution in [1.82, 2.24) is 4.72 Å². The largest absolute Gasteiger partial charge is 0.452 e. The number of nitro benzene ring substituents is 1. The minimum absolute atomic E-state index is 0.129. The van der Waals surface area contributed by atoms with Crippen molar-refractivity contribution in [2.45, 2.75) is 17.9 Å². The number of nitrogens with one attached hydrogen (secondary N) is 3. The van der Waals surface area contributed by atoms with E-state index < -0.39 is 50.1 Å². The number of nitrogens with zero attached hydrogens (tertiary/aromatic N) is 1. The van der Waals surface area contributed by atoms with Gasteiger partial charge in [-0.1, -0.05) is 11.6 Å². The number of esters is 1. The van der Waals surface area contributed by atoms with Gasteiger partial charge in [-0.15, -0.1) is 0 Å². The standard InChI is InChI=1S/C18H19ClN4O7S/c1-11(18(25)22-13-5-3-12(19)4-6-13)30-17(24)10-21-31(28,29)14-7-8-15(20-2)16(9-14)23(26)27/h3-9,11,20-21H,10H2,1-2H3,(H,22,25)/t11-/m1/s1. The molecule has 0 fully saturated rings. The number of ether oxygens (including phenoxy) is 1. The molecule has 13 heteroatoms. The van der Waals surface area contributed by atoms with Crippen LogP contribution in [0, 0.1) is 10.1 Å². The maximum absolute atomic E-state index is 12.3. The van der Waals surface area contributed by atoms with Gasteiger partial charge in [-0.2, -0.15) is 4.72 Å². The molecular formula is C18H19ClN4O7S. The first-order chi connectivity index (χ1) is 14.5. The summed E-state index contributed by atoms with van der Waals surface area (Å²) in [5, 5.41) is 16.7. The van der Waals surface area contributed by atoms with E-state index in [0.717, 1.165) is 12.1 Å². The Morgan fingerprint density at radius 1 is 1.19 bits per heavy atom. The highest BCUT2D eigenvalue weighted by Crippen LogP contribution is 2.27. The maximum Gasteiger partial charge on any atom is 0.321 e. The molecule has 31 heavy (non-hydrogen) atoms. The van der Waals surface area contributed by atoms with Crippen LogP contribution in [0.3, 0.4) is 0 Å². The van der Waals surface area contributed by atoms with E-state index in [9.17, 15) is 28.1 Å². The topological polar surface area (TPSA) is 157 Å². The van der Waals surface area contributed by atoms with Crippen LogP contribution in [0.2, 0.25) is 5.02 Å². The predicted molar refractivity (Wildman–Crippen MR) is 113 cm³/mol. The van der Waals surface area contributed by atoms with Crippen LogP contribution in [0.25, 0.3) is 0 Å². The second kappa shape index (κ2) is 10.2. The van der Waals surface area contributed by atoms with Crippen molar-refractivity contribution in [1.29, 1.82) is 0 Å². The normalized spacial score (nSPS) is 12.0. The third-order valence-electron chi connectivity index (χ3n) is 3.94. The molecule has 3 N–H and O–H groups in total. The minimum Gasteiger partial charge on any atom is -0.452 e. The summed E-state index contributed by atoms with van der Waals surface area (Å²) in [6.07, 6.45) is -1.20. The Kier molecular flexibility index (Phi) is 7.91. The lowest BCUT2D eigenvalue weighted by Crippen LogP contribution is -2.35. The molecule has 2 aromatic rings. The zero-order valence-corrected chi connectivity index (χ0v) is 18.0. The number of carbonyl (C=O) groups is 2. The molecule has 0 bridgehead atoms. The van der Waals surface area contributed by atoms with E-state index in [1.165, 1.54) is 20.0 Å². The number of amides is 1. The highest BCUT2D eigenvalue weighted by atomic mass is 35.5. The second-order valence-electron chi connectivity index (χ2n) is 6.14. The van der Waals surface area contributed by atoms with Gasteiger partial charge in [0.05, 0.1) is 9.82 Å². The molecule has 0 aliphatic carbocycles. The number of benzene rings is 2. The predicted octanol–water partition coefficient (Wildman–Crippen LogP) is 2.14. The molecule has 0 unspecified atom stereocenters. The van der Waals surface area contributed by atoms with Crippen molar-refractivity contribution >= 4 is 50.6 Å². The quantitative estimate of drug-likeness (QED) is 0.286. The molecule has 11 nitrogen and oxygen atoms in total. The fourth-order valence-corrected chi connectivity index (χ4v) is 3.46. The fraction of sp³-hybridized carbons (Fsp3) is 0.222. The van der Waals surface area contributed by atoms with E-state index in [1.807, 2.05) is 4.72 Å². The van der Waals surface area contributed by atoms with Crippen LogP contribution in [0.1, 0.15) is 6.92 Å². The van der Waals surface area contributed by atoms with Crippen LogP contribution in [-0.2, 0) is 24.3 Å². The molecular weight excluding hydrogens is 452 g/mol. The Labute approximate surface area is 182 Å². The Bertz CT molecular complexity index is 1090. The molecule has 0 saturated carbocycles. The molecule has 0 aromatic heterocycles. The summed E-state index contributed by atoms with van der Waals surface area (Å²) in [5.41, 5.74) is 0.119. The number of halogens is 1. The van der Waals surface area contributed by atoms with Crippen LogP contribution in [0.5, 0.6) is 0 Å². The van der Waals surface area contributed by atoms with Crippen molar-refractivity contribution in [3.63, 3.8) is 0 Å². The van der Waals surface area contributed by atoms with Gasteiger partial charge in [0.25, 0.3) is 11.6 Å². The maximum atomic E-state index is 12.3. The first-order valence-electron chi connectivity index (χ1n) is 8.75. The zero-order chi connectivity index (χ0) is 23.2. The van der Waals surface area contributed by atoms with Crippen LogP contribution in [0.15, 0.2) is 47.4 Å².